The fraction of sp³-hybridized carbons (Fsp3) is 0.357. The Morgan fingerprint density at radius 3 is 2.24 bits per heavy atom. The van der Waals surface area contributed by atoms with Crippen LogP contribution in [0.15, 0.2) is 47.0 Å². The average molecular weight is 310 g/mol. The van der Waals surface area contributed by atoms with Gasteiger partial charge in [0.15, 0.2) is 0 Å². The maximum atomic E-state index is 12.7. The Balaban J connectivity index is 3.29. The first-order valence-electron chi connectivity index (χ1n) is 6.41. The summed E-state index contributed by atoms with van der Waals surface area (Å²) in [6.07, 6.45) is 2.33. The number of nitrogens with zero attached hydrogens (tertiary/aromatic N) is 2. The van der Waals surface area contributed by atoms with E-state index in [0.29, 0.717) is 6.29 Å². The molecule has 7 heteroatoms. The van der Waals surface area contributed by atoms with E-state index in [4.69, 9.17) is 0 Å². The monoisotopic (exact) mass is 310 g/mol. The van der Waals surface area contributed by atoms with Gasteiger partial charge in [0.25, 0.3) is 0 Å². The molecule has 21 heavy (non-hydrogen) atoms. The zero-order chi connectivity index (χ0) is 16.0. The molecular weight excluding hydrogens is 292 g/mol. The lowest BCUT2D eigenvalue weighted by Crippen LogP contribution is -2.45. The van der Waals surface area contributed by atoms with Crippen LogP contribution in [0.5, 0.6) is 0 Å². The van der Waals surface area contributed by atoms with Gasteiger partial charge in [0, 0.05) is 6.04 Å². The Bertz CT molecular complexity index is 608. The Labute approximate surface area is 124 Å². The first-order chi connectivity index (χ1) is 9.88. The molecule has 0 spiro atoms. The summed E-state index contributed by atoms with van der Waals surface area (Å²) in [6, 6.07) is 4.04. The number of hydrogen-bond acceptors (Lipinski definition) is 5. The smallest absolute Gasteiger partial charge is 0.243 e. The van der Waals surface area contributed by atoms with Gasteiger partial charge in [0.2, 0.25) is 10.0 Å². The summed E-state index contributed by atoms with van der Waals surface area (Å²) in [4.78, 5) is 21.6. The lowest BCUT2D eigenvalue weighted by atomic mass is 10.2. The molecule has 0 fully saturated rings. The highest BCUT2D eigenvalue weighted by Crippen LogP contribution is 2.24. The van der Waals surface area contributed by atoms with Gasteiger partial charge in [-0.1, -0.05) is 6.08 Å². The van der Waals surface area contributed by atoms with E-state index in [-0.39, 0.29) is 17.0 Å². The summed E-state index contributed by atoms with van der Waals surface area (Å²) >= 11 is 0. The van der Waals surface area contributed by atoms with Gasteiger partial charge in [-0.05, 0) is 49.7 Å². The van der Waals surface area contributed by atoms with Gasteiger partial charge in [0.05, 0.1) is 10.9 Å². The van der Waals surface area contributed by atoms with Crippen LogP contribution in [0, 0.1) is 4.91 Å². The third-order valence-electron chi connectivity index (χ3n) is 2.92. The summed E-state index contributed by atoms with van der Waals surface area (Å²) in [7, 11) is -3.85. The number of carbonyl (C=O) groups is 1. The minimum atomic E-state index is -3.85. The van der Waals surface area contributed by atoms with Crippen LogP contribution in [0.2, 0.25) is 0 Å². The molecule has 1 aromatic rings. The minimum absolute atomic E-state index is 0.0134. The number of aldehydes is 1. The zero-order valence-electron chi connectivity index (χ0n) is 12.0. The standard InChI is InChI=1S/C14H18N2O4S/c1-4-5-13(10-17)16(11(2)3)21(19,20)14-8-6-12(15-18)7-9-14/h4,6-11,13H,1,5H2,2-3H3. The molecule has 1 rings (SSSR count). The fourth-order valence-electron chi connectivity index (χ4n) is 2.03. The maximum Gasteiger partial charge on any atom is 0.243 e. The first-order valence-corrected chi connectivity index (χ1v) is 7.85. The topological polar surface area (TPSA) is 83.9 Å². The first kappa shape index (κ1) is 17.2. The van der Waals surface area contributed by atoms with Crippen molar-refractivity contribution < 1.29 is 13.2 Å². The van der Waals surface area contributed by atoms with E-state index in [9.17, 15) is 18.1 Å². The normalized spacial score (nSPS) is 13.1. The van der Waals surface area contributed by atoms with Crippen molar-refractivity contribution in [2.45, 2.75) is 37.2 Å². The predicted octanol–water partition coefficient (Wildman–Crippen LogP) is 2.63. The highest BCUT2D eigenvalue weighted by Gasteiger charge is 2.32. The molecule has 0 aliphatic heterocycles. The van der Waals surface area contributed by atoms with Gasteiger partial charge in [-0.15, -0.1) is 11.5 Å². The van der Waals surface area contributed by atoms with Crippen LogP contribution in [-0.2, 0) is 14.8 Å². The van der Waals surface area contributed by atoms with Crippen molar-refractivity contribution in [2.75, 3.05) is 0 Å². The fourth-order valence-corrected chi connectivity index (χ4v) is 3.80. The van der Waals surface area contributed by atoms with Crippen LogP contribution in [0.25, 0.3) is 0 Å². The Morgan fingerprint density at radius 1 is 1.29 bits per heavy atom. The van der Waals surface area contributed by atoms with E-state index in [1.165, 1.54) is 30.3 Å². The van der Waals surface area contributed by atoms with Crippen molar-refractivity contribution in [3.8, 4) is 0 Å². The molecule has 6 nitrogen and oxygen atoms in total. The van der Waals surface area contributed by atoms with Gasteiger partial charge in [-0.2, -0.15) is 4.31 Å². The second kappa shape index (κ2) is 7.24. The third-order valence-corrected chi connectivity index (χ3v) is 5.03. The second-order valence-corrected chi connectivity index (χ2v) is 6.58. The molecule has 0 aliphatic rings. The minimum Gasteiger partial charge on any atom is -0.302 e. The quantitative estimate of drug-likeness (QED) is 0.420. The van der Waals surface area contributed by atoms with E-state index >= 15 is 0 Å². The number of benzene rings is 1. The molecule has 0 aromatic heterocycles. The van der Waals surface area contributed by atoms with Crippen LogP contribution in [0.1, 0.15) is 20.3 Å². The second-order valence-electron chi connectivity index (χ2n) is 4.74. The van der Waals surface area contributed by atoms with Gasteiger partial charge in [-0.25, -0.2) is 8.42 Å². The summed E-state index contributed by atoms with van der Waals surface area (Å²) in [6.45, 7) is 6.93. The van der Waals surface area contributed by atoms with Gasteiger partial charge in [0.1, 0.15) is 12.0 Å². The van der Waals surface area contributed by atoms with Crippen LogP contribution >= 0.6 is 0 Å². The molecule has 0 saturated carbocycles. The van der Waals surface area contributed by atoms with Crippen LogP contribution in [0.3, 0.4) is 0 Å². The number of hydrogen-bond donors (Lipinski definition) is 0. The highest BCUT2D eigenvalue weighted by molar-refractivity contribution is 7.89. The molecule has 1 atom stereocenters. The van der Waals surface area contributed by atoms with E-state index < -0.39 is 22.1 Å². The number of sulfonamides is 1. The highest BCUT2D eigenvalue weighted by atomic mass is 32.2. The molecule has 0 N–H and O–H groups in total. The van der Waals surface area contributed by atoms with Gasteiger partial charge < -0.3 is 4.79 Å². The van der Waals surface area contributed by atoms with Crippen molar-refractivity contribution in [3.63, 3.8) is 0 Å². The average Bonchev–Trinajstić information content (AvgIpc) is 2.46. The Hall–Kier alpha value is -1.86. The molecule has 0 amide bonds. The zero-order valence-corrected chi connectivity index (χ0v) is 12.8. The Kier molecular flexibility index (Phi) is 5.92. The molecule has 0 saturated heterocycles. The van der Waals surface area contributed by atoms with E-state index in [0.717, 1.165) is 4.31 Å². The lowest BCUT2D eigenvalue weighted by molar-refractivity contribution is -0.111. The Morgan fingerprint density at radius 2 is 1.86 bits per heavy atom. The van der Waals surface area contributed by atoms with E-state index in [1.807, 2.05) is 0 Å². The molecule has 114 valence electrons. The van der Waals surface area contributed by atoms with Crippen molar-refractivity contribution in [1.82, 2.24) is 4.31 Å². The molecule has 0 aliphatic carbocycles. The third kappa shape index (κ3) is 3.83. The van der Waals surface area contributed by atoms with Crippen LogP contribution < -0.4 is 0 Å². The maximum absolute atomic E-state index is 12.7. The summed E-state index contributed by atoms with van der Waals surface area (Å²) in [5, 5.41) is 2.73. The van der Waals surface area contributed by atoms with Crippen molar-refractivity contribution in [2.24, 2.45) is 5.18 Å². The molecule has 1 aromatic carbocycles. The molecule has 0 radical (unpaired) electrons. The predicted molar refractivity (Wildman–Crippen MR) is 80.7 cm³/mol. The SMILES string of the molecule is C=CCC(C=O)N(C(C)C)S(=O)(=O)c1ccc(N=O)cc1. The summed E-state index contributed by atoms with van der Waals surface area (Å²) < 4.78 is 26.5. The van der Waals surface area contributed by atoms with Crippen LogP contribution in [-0.4, -0.2) is 31.1 Å². The van der Waals surface area contributed by atoms with Crippen molar-refractivity contribution in [1.29, 1.82) is 0 Å². The number of rotatable bonds is 8. The van der Waals surface area contributed by atoms with Gasteiger partial charge >= 0.3 is 0 Å². The van der Waals surface area contributed by atoms with E-state index in [1.54, 1.807) is 13.8 Å². The molecule has 0 heterocycles. The van der Waals surface area contributed by atoms with Crippen molar-refractivity contribution >= 4 is 22.0 Å². The lowest BCUT2D eigenvalue weighted by Gasteiger charge is -2.30. The molecule has 0 bridgehead atoms. The molecular formula is C14H18N2O4S. The van der Waals surface area contributed by atoms with Crippen LogP contribution in [0.4, 0.5) is 5.69 Å². The largest absolute Gasteiger partial charge is 0.302 e. The summed E-state index contributed by atoms with van der Waals surface area (Å²) in [5.41, 5.74) is 0.142. The summed E-state index contributed by atoms with van der Waals surface area (Å²) in [5.74, 6) is 0. The van der Waals surface area contributed by atoms with Crippen molar-refractivity contribution in [3.05, 3.63) is 41.8 Å². The number of nitroso groups, excluding NO2 is 1. The van der Waals surface area contributed by atoms with Gasteiger partial charge in [-0.3, -0.25) is 0 Å². The van der Waals surface area contributed by atoms with E-state index in [2.05, 4.69) is 11.8 Å². The molecule has 1 unspecified atom stereocenters. The number of carbonyl (C=O) groups excluding carboxylic acids is 1.